The first-order valence-electron chi connectivity index (χ1n) is 4.74. The maximum Gasteiger partial charge on any atom is 0.504 e. The van der Waals surface area contributed by atoms with E-state index in [1.807, 2.05) is 0 Å². The molecule has 2 nitrogen and oxygen atoms in total. The van der Waals surface area contributed by atoms with Gasteiger partial charge in [-0.15, -0.1) is 4.52 Å². The molecule has 2 atom stereocenters. The third kappa shape index (κ3) is 6.75. The highest BCUT2D eigenvalue weighted by molar-refractivity contribution is 7.38. The van der Waals surface area contributed by atoms with Crippen molar-refractivity contribution in [3.05, 3.63) is 0 Å². The lowest BCUT2D eigenvalue weighted by Gasteiger charge is -2.09. The van der Waals surface area contributed by atoms with Crippen LogP contribution in [0.15, 0.2) is 0 Å². The molecule has 72 valence electrons. The molecule has 0 aliphatic carbocycles. The summed E-state index contributed by atoms with van der Waals surface area (Å²) in [5.74, 6) is 0.601. The molecule has 12 heavy (non-hydrogen) atoms. The SMILES string of the molecule is CCCCC(CC)CO[P+](C)=O. The molecule has 0 radical (unpaired) electrons. The van der Waals surface area contributed by atoms with Crippen molar-refractivity contribution < 1.29 is 9.09 Å². The van der Waals surface area contributed by atoms with Crippen LogP contribution in [0.5, 0.6) is 0 Å². The highest BCUT2D eigenvalue weighted by atomic mass is 31.1. The Morgan fingerprint density at radius 2 is 2.08 bits per heavy atom. The molecule has 0 fully saturated rings. The van der Waals surface area contributed by atoms with Crippen LogP contribution in [0.4, 0.5) is 0 Å². The topological polar surface area (TPSA) is 26.3 Å². The van der Waals surface area contributed by atoms with Gasteiger partial charge < -0.3 is 0 Å². The van der Waals surface area contributed by atoms with Crippen LogP contribution in [0.3, 0.4) is 0 Å². The first-order valence-corrected chi connectivity index (χ1v) is 6.36. The summed E-state index contributed by atoms with van der Waals surface area (Å²) in [7, 11) is -1.40. The van der Waals surface area contributed by atoms with Crippen molar-refractivity contribution in [2.24, 2.45) is 5.92 Å². The van der Waals surface area contributed by atoms with E-state index < -0.39 is 8.03 Å². The fourth-order valence-electron chi connectivity index (χ4n) is 1.11. The largest absolute Gasteiger partial charge is 0.504 e. The molecule has 0 rings (SSSR count). The predicted molar refractivity (Wildman–Crippen MR) is 52.8 cm³/mol. The zero-order valence-electron chi connectivity index (χ0n) is 8.38. The van der Waals surface area contributed by atoms with Gasteiger partial charge in [-0.05, 0) is 16.9 Å². The van der Waals surface area contributed by atoms with Gasteiger partial charge in [0.05, 0.1) is 0 Å². The molecule has 0 aliphatic heterocycles. The van der Waals surface area contributed by atoms with Gasteiger partial charge in [0.25, 0.3) is 0 Å². The summed E-state index contributed by atoms with van der Waals surface area (Å²) in [6.45, 7) is 6.63. The maximum absolute atomic E-state index is 10.7. The second-order valence-electron chi connectivity index (χ2n) is 3.15. The van der Waals surface area contributed by atoms with Gasteiger partial charge in [0.2, 0.25) is 0 Å². The van der Waals surface area contributed by atoms with E-state index in [4.69, 9.17) is 4.52 Å². The highest BCUT2D eigenvalue weighted by Gasteiger charge is 2.12. The molecule has 3 heteroatoms. The lowest BCUT2D eigenvalue weighted by molar-refractivity contribution is 0.245. The van der Waals surface area contributed by atoms with Crippen LogP contribution in [0.1, 0.15) is 39.5 Å². The van der Waals surface area contributed by atoms with Crippen LogP contribution in [0.2, 0.25) is 0 Å². The van der Waals surface area contributed by atoms with E-state index in [-0.39, 0.29) is 0 Å². The number of hydrogen-bond acceptors (Lipinski definition) is 2. The lowest BCUT2D eigenvalue weighted by atomic mass is 10.0. The van der Waals surface area contributed by atoms with Crippen LogP contribution in [0, 0.1) is 5.92 Å². The van der Waals surface area contributed by atoms with Gasteiger partial charge >= 0.3 is 8.03 Å². The Balaban J connectivity index is 3.45. The minimum atomic E-state index is -1.40. The van der Waals surface area contributed by atoms with E-state index in [9.17, 15) is 4.57 Å². The normalized spacial score (nSPS) is 14.4. The second-order valence-corrected chi connectivity index (χ2v) is 4.29. The molecule has 0 spiro atoms. The standard InChI is InChI=1S/C9H20O2P/c1-4-6-7-9(5-2)8-11-12(3)10/h9H,4-8H2,1-3H3/q+1. The minimum Gasteiger partial charge on any atom is -0.146 e. The van der Waals surface area contributed by atoms with Gasteiger partial charge in [-0.3, -0.25) is 0 Å². The van der Waals surface area contributed by atoms with Gasteiger partial charge in [0, 0.05) is 0 Å². The molecular weight excluding hydrogens is 171 g/mol. The monoisotopic (exact) mass is 191 g/mol. The molecule has 2 unspecified atom stereocenters. The van der Waals surface area contributed by atoms with Crippen molar-refractivity contribution in [1.29, 1.82) is 0 Å². The molecule has 0 N–H and O–H groups in total. The first-order chi connectivity index (χ1) is 5.70. The van der Waals surface area contributed by atoms with Gasteiger partial charge in [-0.25, -0.2) is 0 Å². The Morgan fingerprint density at radius 3 is 2.50 bits per heavy atom. The van der Waals surface area contributed by atoms with Crippen LogP contribution in [-0.4, -0.2) is 13.3 Å². The highest BCUT2D eigenvalue weighted by Crippen LogP contribution is 2.20. The lowest BCUT2D eigenvalue weighted by Crippen LogP contribution is -2.05. The summed E-state index contributed by atoms with van der Waals surface area (Å²) in [6, 6.07) is 0. The quantitative estimate of drug-likeness (QED) is 0.575. The average molecular weight is 191 g/mol. The van der Waals surface area contributed by atoms with Crippen molar-refractivity contribution in [1.82, 2.24) is 0 Å². The zero-order valence-corrected chi connectivity index (χ0v) is 9.27. The minimum absolute atomic E-state index is 0.601. The Bertz CT molecular complexity index is 126. The van der Waals surface area contributed by atoms with Crippen molar-refractivity contribution in [3.8, 4) is 0 Å². The summed E-state index contributed by atoms with van der Waals surface area (Å²) >= 11 is 0. The molecule has 0 aromatic carbocycles. The molecule has 0 saturated heterocycles. The van der Waals surface area contributed by atoms with E-state index >= 15 is 0 Å². The molecule has 0 heterocycles. The fourth-order valence-corrected chi connectivity index (χ4v) is 1.53. The molecule has 0 aliphatic rings. The summed E-state index contributed by atoms with van der Waals surface area (Å²) < 4.78 is 15.8. The van der Waals surface area contributed by atoms with Gasteiger partial charge in [-0.2, -0.15) is 0 Å². The average Bonchev–Trinajstić information content (AvgIpc) is 2.05. The third-order valence-corrected chi connectivity index (χ3v) is 2.55. The predicted octanol–water partition coefficient (Wildman–Crippen LogP) is 3.59. The molecule has 0 amide bonds. The van der Waals surface area contributed by atoms with E-state index in [0.29, 0.717) is 12.5 Å². The third-order valence-electron chi connectivity index (χ3n) is 2.04. The van der Waals surface area contributed by atoms with E-state index in [2.05, 4.69) is 13.8 Å². The van der Waals surface area contributed by atoms with Crippen molar-refractivity contribution in [2.75, 3.05) is 13.3 Å². The second kappa shape index (κ2) is 7.70. The first kappa shape index (κ1) is 12.1. The summed E-state index contributed by atoms with van der Waals surface area (Å²) in [6.07, 6.45) is 4.82. The van der Waals surface area contributed by atoms with Crippen molar-refractivity contribution in [2.45, 2.75) is 39.5 Å². The van der Waals surface area contributed by atoms with Gasteiger partial charge in [-0.1, -0.05) is 33.1 Å². The number of unbranched alkanes of at least 4 members (excludes halogenated alkanes) is 1. The Hall–Kier alpha value is 0.0600. The number of hydrogen-bond donors (Lipinski definition) is 0. The Kier molecular flexibility index (Phi) is 7.73. The van der Waals surface area contributed by atoms with Crippen molar-refractivity contribution >= 4 is 8.03 Å². The van der Waals surface area contributed by atoms with E-state index in [1.165, 1.54) is 19.3 Å². The number of rotatable bonds is 7. The molecule has 0 aromatic heterocycles. The molecular formula is C9H20O2P+. The summed E-state index contributed by atoms with van der Waals surface area (Å²) in [5, 5.41) is 0. The van der Waals surface area contributed by atoms with Crippen LogP contribution < -0.4 is 0 Å². The molecule has 0 saturated carbocycles. The molecule has 0 bridgehead atoms. The van der Waals surface area contributed by atoms with Crippen LogP contribution in [0.25, 0.3) is 0 Å². The Labute approximate surface area is 76.6 Å². The maximum atomic E-state index is 10.7. The van der Waals surface area contributed by atoms with Crippen LogP contribution >= 0.6 is 8.03 Å². The van der Waals surface area contributed by atoms with E-state index in [1.54, 1.807) is 6.66 Å². The molecule has 0 aromatic rings. The summed E-state index contributed by atoms with van der Waals surface area (Å²) in [5.41, 5.74) is 0. The van der Waals surface area contributed by atoms with Gasteiger partial charge in [0.15, 0.2) is 6.66 Å². The summed E-state index contributed by atoms with van der Waals surface area (Å²) in [4.78, 5) is 0. The van der Waals surface area contributed by atoms with Crippen molar-refractivity contribution in [3.63, 3.8) is 0 Å². The van der Waals surface area contributed by atoms with Crippen LogP contribution in [-0.2, 0) is 9.09 Å². The smallest absolute Gasteiger partial charge is 0.146 e. The zero-order chi connectivity index (χ0) is 9.40. The van der Waals surface area contributed by atoms with Gasteiger partial charge in [0.1, 0.15) is 6.61 Å². The van der Waals surface area contributed by atoms with E-state index in [0.717, 1.165) is 6.42 Å². The fraction of sp³-hybridized carbons (Fsp3) is 1.00. The Morgan fingerprint density at radius 1 is 1.42 bits per heavy atom.